The fraction of sp³-hybridized carbons (Fsp3) is 0.862. The van der Waals surface area contributed by atoms with E-state index >= 15 is 0 Å². The third kappa shape index (κ3) is 18.0. The first-order valence-corrected chi connectivity index (χ1v) is 14.6. The van der Waals surface area contributed by atoms with Gasteiger partial charge < -0.3 is 14.6 Å². The number of hydrogen-bond donors (Lipinski definition) is 1. The lowest BCUT2D eigenvalue weighted by Crippen LogP contribution is -2.19. The van der Waals surface area contributed by atoms with Crippen molar-refractivity contribution >= 4 is 5.97 Å². The number of hydrogen-bond acceptors (Lipinski definition) is 4. The van der Waals surface area contributed by atoms with Crippen LogP contribution in [0, 0.1) is 5.92 Å². The molecule has 0 saturated carbocycles. The first-order chi connectivity index (χ1) is 16.8. The van der Waals surface area contributed by atoms with Gasteiger partial charge >= 0.3 is 5.97 Å². The molecule has 198 valence electrons. The second-order valence-electron chi connectivity index (χ2n) is 9.94. The summed E-state index contributed by atoms with van der Waals surface area (Å²) in [6.45, 7) is 8.32. The third-order valence-electron chi connectivity index (χ3n) is 6.72. The van der Waals surface area contributed by atoms with E-state index in [1.54, 1.807) is 0 Å². The third-order valence-corrected chi connectivity index (χ3v) is 6.72. The summed E-state index contributed by atoms with van der Waals surface area (Å²) >= 11 is 0. The fourth-order valence-corrected chi connectivity index (χ4v) is 4.45. The van der Waals surface area contributed by atoms with E-state index < -0.39 is 0 Å². The van der Waals surface area contributed by atoms with E-state index in [2.05, 4.69) is 28.7 Å². The number of nitrogens with zero attached hydrogens (tertiary/aromatic N) is 2. The molecule has 0 aromatic carbocycles. The molecule has 1 aromatic rings. The van der Waals surface area contributed by atoms with Crippen molar-refractivity contribution in [2.45, 2.75) is 136 Å². The summed E-state index contributed by atoms with van der Waals surface area (Å²) in [6, 6.07) is 0. The van der Waals surface area contributed by atoms with Crippen molar-refractivity contribution in [2.24, 2.45) is 5.92 Å². The Bertz CT molecular complexity index is 548. The Labute approximate surface area is 210 Å². The van der Waals surface area contributed by atoms with E-state index in [1.165, 1.54) is 89.9 Å². The van der Waals surface area contributed by atoms with Crippen LogP contribution in [0.4, 0.5) is 0 Å². The van der Waals surface area contributed by atoms with Gasteiger partial charge in [0.25, 0.3) is 0 Å². The van der Waals surface area contributed by atoms with E-state index in [0.717, 1.165) is 45.3 Å². The van der Waals surface area contributed by atoms with E-state index in [1.807, 2.05) is 18.7 Å². The molecule has 0 radical (unpaired) electrons. The average Bonchev–Trinajstić information content (AvgIpc) is 3.36. The second-order valence-corrected chi connectivity index (χ2v) is 9.94. The van der Waals surface area contributed by atoms with Crippen molar-refractivity contribution in [3.63, 3.8) is 0 Å². The lowest BCUT2D eigenvalue weighted by Gasteiger charge is -2.16. The van der Waals surface area contributed by atoms with Crippen LogP contribution in [-0.2, 0) is 16.1 Å². The Balaban J connectivity index is 2.01. The van der Waals surface area contributed by atoms with Crippen LogP contribution < -0.4 is 5.32 Å². The lowest BCUT2D eigenvalue weighted by molar-refractivity contribution is -0.149. The van der Waals surface area contributed by atoms with Gasteiger partial charge in [0.05, 0.1) is 18.9 Å². The van der Waals surface area contributed by atoms with Gasteiger partial charge in [-0.25, -0.2) is 4.98 Å². The molecule has 0 aliphatic heterocycles. The molecule has 1 atom stereocenters. The lowest BCUT2D eigenvalue weighted by atomic mass is 9.94. The fourth-order valence-electron chi connectivity index (χ4n) is 4.45. The molecule has 1 aromatic heterocycles. The Morgan fingerprint density at radius 3 is 2.06 bits per heavy atom. The van der Waals surface area contributed by atoms with Crippen molar-refractivity contribution in [3.8, 4) is 0 Å². The summed E-state index contributed by atoms with van der Waals surface area (Å²) < 4.78 is 7.83. The summed E-state index contributed by atoms with van der Waals surface area (Å²) in [5.74, 6) is 0.198. The highest BCUT2D eigenvalue weighted by Gasteiger charge is 2.19. The molecule has 0 aliphatic rings. The first-order valence-electron chi connectivity index (χ1n) is 14.6. The molecule has 1 unspecified atom stereocenters. The van der Waals surface area contributed by atoms with E-state index in [9.17, 15) is 4.79 Å². The van der Waals surface area contributed by atoms with Crippen LogP contribution in [0.15, 0.2) is 18.7 Å². The van der Waals surface area contributed by atoms with Crippen LogP contribution in [0.2, 0.25) is 0 Å². The zero-order valence-corrected chi connectivity index (χ0v) is 22.6. The highest BCUT2D eigenvalue weighted by Crippen LogP contribution is 2.20. The molecule has 0 saturated heterocycles. The molecule has 1 N–H and O–H groups in total. The SMILES string of the molecule is CCCCCCCCC(CCCCCC)C(=O)OCCCCCCNCCCCn1ccnc1. The number of nitrogens with one attached hydrogen (secondary N) is 1. The average molecular weight is 478 g/mol. The number of carbonyl (C=O) groups is 1. The number of esters is 1. The number of aromatic nitrogens is 2. The predicted octanol–water partition coefficient (Wildman–Crippen LogP) is 7.69. The molecule has 0 bridgehead atoms. The standard InChI is InChI=1S/C29H55N3O2/c1-3-5-7-9-10-14-20-28(19-13-8-6-4-2)29(33)34-26-18-12-11-15-21-30-22-16-17-24-32-25-23-31-27-32/h23,25,27-28,30H,3-22,24,26H2,1-2H3. The molecular weight excluding hydrogens is 422 g/mol. The summed E-state index contributed by atoms with van der Waals surface area (Å²) in [7, 11) is 0. The number of carbonyl (C=O) groups excluding carboxylic acids is 1. The van der Waals surface area contributed by atoms with Crippen LogP contribution >= 0.6 is 0 Å². The Morgan fingerprint density at radius 1 is 0.794 bits per heavy atom. The van der Waals surface area contributed by atoms with Crippen molar-refractivity contribution in [1.29, 1.82) is 0 Å². The largest absolute Gasteiger partial charge is 0.465 e. The van der Waals surface area contributed by atoms with Gasteiger partial charge in [-0.2, -0.15) is 0 Å². The molecule has 1 heterocycles. The zero-order valence-electron chi connectivity index (χ0n) is 22.6. The number of unbranched alkanes of at least 4 members (excludes halogenated alkanes) is 12. The normalized spacial score (nSPS) is 12.2. The maximum absolute atomic E-state index is 12.7. The molecule has 1 rings (SSSR count). The van der Waals surface area contributed by atoms with Crippen molar-refractivity contribution in [3.05, 3.63) is 18.7 Å². The van der Waals surface area contributed by atoms with Crippen LogP contribution in [0.5, 0.6) is 0 Å². The van der Waals surface area contributed by atoms with E-state index in [0.29, 0.717) is 6.61 Å². The maximum Gasteiger partial charge on any atom is 0.308 e. The maximum atomic E-state index is 12.7. The zero-order chi connectivity index (χ0) is 24.5. The Morgan fingerprint density at radius 2 is 1.38 bits per heavy atom. The van der Waals surface area contributed by atoms with Crippen molar-refractivity contribution < 1.29 is 9.53 Å². The van der Waals surface area contributed by atoms with Crippen LogP contribution in [0.1, 0.15) is 129 Å². The van der Waals surface area contributed by atoms with Gasteiger partial charge in [0.15, 0.2) is 0 Å². The van der Waals surface area contributed by atoms with Gasteiger partial charge in [-0.05, 0) is 51.6 Å². The quantitative estimate of drug-likeness (QED) is 0.116. The summed E-state index contributed by atoms with van der Waals surface area (Å²) in [5, 5.41) is 3.54. The van der Waals surface area contributed by atoms with Crippen LogP contribution in [-0.4, -0.2) is 35.2 Å². The van der Waals surface area contributed by atoms with Crippen molar-refractivity contribution in [1.82, 2.24) is 14.9 Å². The van der Waals surface area contributed by atoms with Gasteiger partial charge in [0.2, 0.25) is 0 Å². The molecular formula is C29H55N3O2. The van der Waals surface area contributed by atoms with Gasteiger partial charge in [-0.3, -0.25) is 4.79 Å². The summed E-state index contributed by atoms with van der Waals surface area (Å²) in [6.07, 6.45) is 27.4. The Kier molecular flexibility index (Phi) is 21.1. The first kappa shape index (κ1) is 30.7. The molecule has 0 amide bonds. The van der Waals surface area contributed by atoms with Crippen LogP contribution in [0.3, 0.4) is 0 Å². The molecule has 0 spiro atoms. The minimum atomic E-state index is 0.0717. The number of imidazole rings is 1. The van der Waals surface area contributed by atoms with Gasteiger partial charge in [-0.1, -0.05) is 90.9 Å². The molecule has 34 heavy (non-hydrogen) atoms. The number of aryl methyl sites for hydroxylation is 1. The highest BCUT2D eigenvalue weighted by atomic mass is 16.5. The van der Waals surface area contributed by atoms with Gasteiger partial charge in [0.1, 0.15) is 0 Å². The molecule has 0 aliphatic carbocycles. The predicted molar refractivity (Wildman–Crippen MR) is 144 cm³/mol. The molecule has 0 fully saturated rings. The second kappa shape index (κ2) is 23.4. The molecule has 5 heteroatoms. The highest BCUT2D eigenvalue weighted by molar-refractivity contribution is 5.72. The van der Waals surface area contributed by atoms with E-state index in [-0.39, 0.29) is 11.9 Å². The Hall–Kier alpha value is -1.36. The summed E-state index contributed by atoms with van der Waals surface area (Å²) in [5.41, 5.74) is 0. The number of rotatable bonds is 25. The van der Waals surface area contributed by atoms with Gasteiger partial charge in [0, 0.05) is 18.9 Å². The monoisotopic (exact) mass is 477 g/mol. The summed E-state index contributed by atoms with van der Waals surface area (Å²) in [4.78, 5) is 16.7. The molecule has 5 nitrogen and oxygen atoms in total. The smallest absolute Gasteiger partial charge is 0.308 e. The van der Waals surface area contributed by atoms with Gasteiger partial charge in [-0.15, -0.1) is 0 Å². The van der Waals surface area contributed by atoms with E-state index in [4.69, 9.17) is 4.74 Å². The topological polar surface area (TPSA) is 56.1 Å². The minimum Gasteiger partial charge on any atom is -0.465 e. The van der Waals surface area contributed by atoms with Crippen molar-refractivity contribution in [2.75, 3.05) is 19.7 Å². The van der Waals surface area contributed by atoms with Crippen LogP contribution in [0.25, 0.3) is 0 Å². The minimum absolute atomic E-state index is 0.0717. The number of ether oxygens (including phenoxy) is 1.